The highest BCUT2D eigenvalue weighted by Gasteiger charge is 2.31. The van der Waals surface area contributed by atoms with Gasteiger partial charge < -0.3 is 19.9 Å². The highest BCUT2D eigenvalue weighted by atomic mass is 16.5. The van der Waals surface area contributed by atoms with Crippen LogP contribution in [0.1, 0.15) is 18.4 Å². The molecule has 126 valence electrons. The molecule has 1 atom stereocenters. The maximum Gasteiger partial charge on any atom is 0.321 e. The first-order valence-corrected chi connectivity index (χ1v) is 8.14. The Morgan fingerprint density at radius 1 is 1.12 bits per heavy atom. The molecule has 2 fully saturated rings. The Morgan fingerprint density at radius 2 is 1.79 bits per heavy atom. The van der Waals surface area contributed by atoms with Gasteiger partial charge in [0, 0.05) is 38.5 Å². The second-order valence-electron chi connectivity index (χ2n) is 5.93. The second-order valence-corrected chi connectivity index (χ2v) is 5.93. The molecular formula is C17H20N4O3. The molecule has 2 aliphatic heterocycles. The molecule has 24 heavy (non-hydrogen) atoms. The summed E-state index contributed by atoms with van der Waals surface area (Å²) in [6, 6.07) is 8.57. The third-order valence-corrected chi connectivity index (χ3v) is 4.35. The summed E-state index contributed by atoms with van der Waals surface area (Å²) in [4.78, 5) is 28.0. The number of ether oxygens (including phenoxy) is 1. The minimum Gasteiger partial charge on any atom is -0.368 e. The van der Waals surface area contributed by atoms with E-state index in [4.69, 9.17) is 10.00 Å². The number of nitrogens with zero attached hydrogens (tertiary/aromatic N) is 3. The van der Waals surface area contributed by atoms with Crippen molar-refractivity contribution in [1.82, 2.24) is 9.80 Å². The molecule has 7 heteroatoms. The molecule has 1 unspecified atom stereocenters. The number of nitriles is 1. The highest BCUT2D eigenvalue weighted by molar-refractivity contribution is 5.89. The third kappa shape index (κ3) is 3.66. The van der Waals surface area contributed by atoms with Gasteiger partial charge in [-0.15, -0.1) is 0 Å². The van der Waals surface area contributed by atoms with Crippen molar-refractivity contribution in [2.45, 2.75) is 18.9 Å². The van der Waals surface area contributed by atoms with Crippen molar-refractivity contribution in [1.29, 1.82) is 5.26 Å². The predicted octanol–water partition coefficient (Wildman–Crippen LogP) is 1.41. The van der Waals surface area contributed by atoms with Crippen molar-refractivity contribution < 1.29 is 14.3 Å². The zero-order valence-corrected chi connectivity index (χ0v) is 13.4. The van der Waals surface area contributed by atoms with Gasteiger partial charge in [-0.2, -0.15) is 5.26 Å². The predicted molar refractivity (Wildman–Crippen MR) is 87.3 cm³/mol. The molecule has 1 aromatic carbocycles. The monoisotopic (exact) mass is 328 g/mol. The van der Waals surface area contributed by atoms with Crippen molar-refractivity contribution in [3.8, 4) is 6.07 Å². The van der Waals surface area contributed by atoms with Crippen LogP contribution in [-0.2, 0) is 9.53 Å². The number of carbonyl (C=O) groups excluding carboxylic acids is 2. The zero-order valence-electron chi connectivity index (χ0n) is 13.4. The molecule has 3 rings (SSSR count). The molecule has 3 amide bonds. The molecule has 1 N–H and O–H groups in total. The van der Waals surface area contributed by atoms with Gasteiger partial charge >= 0.3 is 6.03 Å². The lowest BCUT2D eigenvalue weighted by atomic mass is 10.2. The average molecular weight is 328 g/mol. The first-order valence-electron chi connectivity index (χ1n) is 8.14. The van der Waals surface area contributed by atoms with Crippen molar-refractivity contribution in [2.75, 3.05) is 38.1 Å². The van der Waals surface area contributed by atoms with Crippen LogP contribution < -0.4 is 5.32 Å². The van der Waals surface area contributed by atoms with Gasteiger partial charge in [0.15, 0.2) is 0 Å². The Balaban J connectivity index is 1.49. The molecule has 2 saturated heterocycles. The summed E-state index contributed by atoms with van der Waals surface area (Å²) in [5.41, 5.74) is 1.20. The lowest BCUT2D eigenvalue weighted by molar-refractivity contribution is -0.142. The van der Waals surface area contributed by atoms with Crippen LogP contribution >= 0.6 is 0 Å². The van der Waals surface area contributed by atoms with Crippen LogP contribution in [0.3, 0.4) is 0 Å². The molecule has 2 heterocycles. The maximum absolute atomic E-state index is 12.3. The van der Waals surface area contributed by atoms with E-state index in [2.05, 4.69) is 5.32 Å². The Morgan fingerprint density at radius 3 is 2.38 bits per heavy atom. The van der Waals surface area contributed by atoms with Crippen LogP contribution in [-0.4, -0.2) is 60.6 Å². The van der Waals surface area contributed by atoms with Gasteiger partial charge in [0.05, 0.1) is 11.6 Å². The third-order valence-electron chi connectivity index (χ3n) is 4.35. The number of urea groups is 1. The van der Waals surface area contributed by atoms with E-state index in [1.54, 1.807) is 34.1 Å². The van der Waals surface area contributed by atoms with Crippen LogP contribution in [0.5, 0.6) is 0 Å². The summed E-state index contributed by atoms with van der Waals surface area (Å²) < 4.78 is 5.43. The number of hydrogen-bond donors (Lipinski definition) is 1. The van der Waals surface area contributed by atoms with E-state index >= 15 is 0 Å². The number of benzene rings is 1. The van der Waals surface area contributed by atoms with Gasteiger partial charge in [0.2, 0.25) is 0 Å². The normalized spacial score (nSPS) is 20.5. The largest absolute Gasteiger partial charge is 0.368 e. The van der Waals surface area contributed by atoms with E-state index < -0.39 is 0 Å². The fourth-order valence-electron chi connectivity index (χ4n) is 2.94. The van der Waals surface area contributed by atoms with Crippen LogP contribution in [0, 0.1) is 11.3 Å². The van der Waals surface area contributed by atoms with Gasteiger partial charge in [-0.25, -0.2) is 4.79 Å². The van der Waals surface area contributed by atoms with Crippen LogP contribution in [0.4, 0.5) is 10.5 Å². The standard InChI is InChI=1S/C17H20N4O3/c18-12-13-3-5-14(6-4-13)19-17(23)21-9-7-20(8-10-21)16(22)15-2-1-11-24-15/h3-6,15H,1-2,7-11H2,(H,19,23). The Bertz CT molecular complexity index is 639. The average Bonchev–Trinajstić information content (AvgIpc) is 3.16. The smallest absolute Gasteiger partial charge is 0.321 e. The number of amides is 3. The highest BCUT2D eigenvalue weighted by Crippen LogP contribution is 2.16. The number of nitrogens with one attached hydrogen (secondary N) is 1. The molecule has 0 bridgehead atoms. The van der Waals surface area contributed by atoms with Crippen LogP contribution in [0.15, 0.2) is 24.3 Å². The van der Waals surface area contributed by atoms with Crippen molar-refractivity contribution in [3.63, 3.8) is 0 Å². The summed E-state index contributed by atoms with van der Waals surface area (Å²) in [5.74, 6) is 0.0413. The number of anilines is 1. The molecule has 0 spiro atoms. The number of hydrogen-bond acceptors (Lipinski definition) is 4. The first-order chi connectivity index (χ1) is 11.7. The molecule has 7 nitrogen and oxygen atoms in total. The maximum atomic E-state index is 12.3. The lowest BCUT2D eigenvalue weighted by Crippen LogP contribution is -2.53. The van der Waals surface area contributed by atoms with Crippen molar-refractivity contribution >= 4 is 17.6 Å². The van der Waals surface area contributed by atoms with Gasteiger partial charge in [-0.3, -0.25) is 4.79 Å². The summed E-state index contributed by atoms with van der Waals surface area (Å²) in [5, 5.41) is 11.6. The SMILES string of the molecule is N#Cc1ccc(NC(=O)N2CCN(C(=O)C3CCCO3)CC2)cc1. The fraction of sp³-hybridized carbons (Fsp3) is 0.471. The van der Waals surface area contributed by atoms with Crippen LogP contribution in [0.25, 0.3) is 0 Å². The molecule has 2 aliphatic rings. The van der Waals surface area contributed by atoms with E-state index in [9.17, 15) is 9.59 Å². The Kier molecular flexibility index (Phi) is 4.96. The minimum absolute atomic E-state index is 0.0413. The lowest BCUT2D eigenvalue weighted by Gasteiger charge is -2.35. The topological polar surface area (TPSA) is 85.7 Å². The number of carbonyl (C=O) groups is 2. The molecule has 0 aromatic heterocycles. The van der Waals surface area contributed by atoms with Gasteiger partial charge in [0.25, 0.3) is 5.91 Å². The summed E-state index contributed by atoms with van der Waals surface area (Å²) in [6.45, 7) is 2.71. The first kappa shape index (κ1) is 16.3. The minimum atomic E-state index is -0.302. The Labute approximate surface area is 140 Å². The summed E-state index contributed by atoms with van der Waals surface area (Å²) >= 11 is 0. The molecule has 0 saturated carbocycles. The van der Waals surface area contributed by atoms with E-state index in [0.29, 0.717) is 44.0 Å². The van der Waals surface area contributed by atoms with E-state index in [-0.39, 0.29) is 18.0 Å². The van der Waals surface area contributed by atoms with E-state index in [0.717, 1.165) is 12.8 Å². The number of piperazine rings is 1. The fourth-order valence-corrected chi connectivity index (χ4v) is 2.94. The quantitative estimate of drug-likeness (QED) is 0.889. The van der Waals surface area contributed by atoms with Crippen LogP contribution in [0.2, 0.25) is 0 Å². The van der Waals surface area contributed by atoms with Crippen molar-refractivity contribution in [2.24, 2.45) is 0 Å². The number of rotatable bonds is 2. The van der Waals surface area contributed by atoms with Crippen molar-refractivity contribution in [3.05, 3.63) is 29.8 Å². The summed E-state index contributed by atoms with van der Waals surface area (Å²) in [7, 11) is 0. The molecule has 1 aromatic rings. The second kappa shape index (κ2) is 7.32. The van der Waals surface area contributed by atoms with Gasteiger partial charge in [-0.1, -0.05) is 0 Å². The van der Waals surface area contributed by atoms with E-state index in [1.165, 1.54) is 0 Å². The van der Waals surface area contributed by atoms with Gasteiger partial charge in [0.1, 0.15) is 6.10 Å². The Hall–Kier alpha value is -2.59. The molecule has 0 radical (unpaired) electrons. The van der Waals surface area contributed by atoms with Gasteiger partial charge in [-0.05, 0) is 37.1 Å². The molecular weight excluding hydrogens is 308 g/mol. The summed E-state index contributed by atoms with van der Waals surface area (Å²) in [6.07, 6.45) is 1.42. The zero-order chi connectivity index (χ0) is 16.9. The van der Waals surface area contributed by atoms with E-state index in [1.807, 2.05) is 6.07 Å². The molecule has 0 aliphatic carbocycles.